The van der Waals surface area contributed by atoms with E-state index in [-0.39, 0.29) is 0 Å². The summed E-state index contributed by atoms with van der Waals surface area (Å²) in [5.41, 5.74) is -1.93. The first kappa shape index (κ1) is 10.4. The zero-order chi connectivity index (χ0) is 10.1. The number of hydrogen-bond donors (Lipinski definition) is 3. The summed E-state index contributed by atoms with van der Waals surface area (Å²) in [7, 11) is 0. The molecule has 0 aromatic heterocycles. The minimum absolute atomic E-state index is 0.443. The molecule has 0 spiro atoms. The van der Waals surface area contributed by atoms with E-state index in [4.69, 9.17) is 9.84 Å². The van der Waals surface area contributed by atoms with Crippen molar-refractivity contribution in [3.63, 3.8) is 0 Å². The van der Waals surface area contributed by atoms with Gasteiger partial charge in [-0.3, -0.25) is 0 Å². The summed E-state index contributed by atoms with van der Waals surface area (Å²) < 4.78 is 16.7. The fourth-order valence-corrected chi connectivity index (χ4v) is 1.36. The maximum absolute atomic E-state index is 11.7. The van der Waals surface area contributed by atoms with E-state index in [1.807, 2.05) is 5.92 Å². The maximum Gasteiger partial charge on any atom is 0.182 e. The largest absolute Gasteiger partial charge is 0.394 e. The molecule has 0 aromatic rings. The molecule has 13 heavy (non-hydrogen) atoms. The number of ether oxygens (including phenoxy) is 1. The molecule has 0 aliphatic carbocycles. The Balaban J connectivity index is 2.90. The van der Waals surface area contributed by atoms with Crippen molar-refractivity contribution in [2.45, 2.75) is 30.8 Å². The SMILES string of the molecule is C[C@@H]1O[C@H](CO)[C@@H](O)[C@]1(O)C#CF. The Labute approximate surface area is 74.9 Å². The predicted octanol–water partition coefficient (Wildman–Crippen LogP) is -1.21. The van der Waals surface area contributed by atoms with Gasteiger partial charge in [-0.05, 0) is 12.8 Å². The fourth-order valence-electron chi connectivity index (χ4n) is 1.36. The van der Waals surface area contributed by atoms with Crippen molar-refractivity contribution in [3.05, 3.63) is 0 Å². The van der Waals surface area contributed by atoms with Crippen LogP contribution in [-0.4, -0.2) is 45.8 Å². The van der Waals surface area contributed by atoms with Crippen LogP contribution in [0.3, 0.4) is 0 Å². The fraction of sp³-hybridized carbons (Fsp3) is 0.750. The first-order chi connectivity index (χ1) is 6.06. The normalized spacial score (nSPS) is 44.2. The topological polar surface area (TPSA) is 69.9 Å². The summed E-state index contributed by atoms with van der Waals surface area (Å²) in [4.78, 5) is 0. The molecule has 0 saturated carbocycles. The van der Waals surface area contributed by atoms with Crippen molar-refractivity contribution in [2.24, 2.45) is 0 Å². The smallest absolute Gasteiger partial charge is 0.182 e. The Morgan fingerprint density at radius 3 is 2.62 bits per heavy atom. The molecule has 1 aliphatic rings. The molecule has 74 valence electrons. The third-order valence-electron chi connectivity index (χ3n) is 2.23. The van der Waals surface area contributed by atoms with Gasteiger partial charge in [-0.15, -0.1) is 4.39 Å². The molecule has 0 aromatic carbocycles. The lowest BCUT2D eigenvalue weighted by Crippen LogP contribution is -2.46. The zero-order valence-electron chi connectivity index (χ0n) is 7.07. The van der Waals surface area contributed by atoms with Crippen LogP contribution in [0.4, 0.5) is 4.39 Å². The molecule has 1 rings (SSSR count). The maximum atomic E-state index is 11.7. The van der Waals surface area contributed by atoms with Crippen LogP contribution < -0.4 is 0 Å². The van der Waals surface area contributed by atoms with Gasteiger partial charge >= 0.3 is 0 Å². The van der Waals surface area contributed by atoms with Crippen LogP contribution in [0.25, 0.3) is 0 Å². The molecule has 1 heterocycles. The number of aliphatic hydroxyl groups is 3. The molecule has 0 bridgehead atoms. The monoisotopic (exact) mass is 190 g/mol. The predicted molar refractivity (Wildman–Crippen MR) is 41.3 cm³/mol. The van der Waals surface area contributed by atoms with Crippen molar-refractivity contribution in [1.82, 2.24) is 0 Å². The lowest BCUT2D eigenvalue weighted by atomic mass is 9.92. The van der Waals surface area contributed by atoms with Gasteiger partial charge in [0, 0.05) is 0 Å². The third kappa shape index (κ3) is 1.54. The summed E-state index contributed by atoms with van der Waals surface area (Å²) in [5.74, 6) is 1.84. The quantitative estimate of drug-likeness (QED) is 0.454. The van der Waals surface area contributed by atoms with E-state index < -0.39 is 30.5 Å². The van der Waals surface area contributed by atoms with Gasteiger partial charge in [-0.25, -0.2) is 0 Å². The molecule has 4 nitrogen and oxygen atoms in total. The molecule has 1 fully saturated rings. The molecular formula is C8H11FO4. The van der Waals surface area contributed by atoms with Gasteiger partial charge in [0.15, 0.2) is 5.60 Å². The van der Waals surface area contributed by atoms with E-state index in [1.165, 1.54) is 6.92 Å². The van der Waals surface area contributed by atoms with E-state index in [0.29, 0.717) is 0 Å². The summed E-state index contributed by atoms with van der Waals surface area (Å²) in [5, 5.41) is 27.8. The van der Waals surface area contributed by atoms with Gasteiger partial charge < -0.3 is 20.1 Å². The van der Waals surface area contributed by atoms with Gasteiger partial charge in [0.1, 0.15) is 18.4 Å². The van der Waals surface area contributed by atoms with Crippen molar-refractivity contribution < 1.29 is 24.4 Å². The van der Waals surface area contributed by atoms with E-state index >= 15 is 0 Å². The average molecular weight is 190 g/mol. The zero-order valence-corrected chi connectivity index (χ0v) is 7.07. The van der Waals surface area contributed by atoms with Crippen LogP contribution in [0.2, 0.25) is 0 Å². The number of hydrogen-bond acceptors (Lipinski definition) is 4. The summed E-state index contributed by atoms with van der Waals surface area (Å²) in [6.07, 6.45) is -2.11. The highest BCUT2D eigenvalue weighted by atomic mass is 19.1. The molecule has 0 radical (unpaired) electrons. The second-order valence-corrected chi connectivity index (χ2v) is 2.99. The summed E-state index contributed by atoms with van der Waals surface area (Å²) in [6, 6.07) is 0. The van der Waals surface area contributed by atoms with E-state index in [9.17, 15) is 14.6 Å². The van der Waals surface area contributed by atoms with Gasteiger partial charge in [0.25, 0.3) is 0 Å². The van der Waals surface area contributed by atoms with Crippen molar-refractivity contribution in [1.29, 1.82) is 0 Å². The molecule has 5 heteroatoms. The van der Waals surface area contributed by atoms with Gasteiger partial charge in [-0.2, -0.15) is 0 Å². The van der Waals surface area contributed by atoms with Gasteiger partial charge in [-0.1, -0.05) is 0 Å². The Morgan fingerprint density at radius 2 is 2.23 bits per heavy atom. The highest BCUT2D eigenvalue weighted by molar-refractivity contribution is 5.21. The van der Waals surface area contributed by atoms with Crippen molar-refractivity contribution >= 4 is 0 Å². The second kappa shape index (κ2) is 3.60. The minimum Gasteiger partial charge on any atom is -0.394 e. The first-order valence-corrected chi connectivity index (χ1v) is 3.85. The standard InChI is InChI=1S/C8H11FO4/c1-5-8(12,2-3-9)7(11)6(4-10)13-5/h5-7,10-12H,4H2,1H3/t5-,6+,7+,8-/m0/s1. The van der Waals surface area contributed by atoms with Gasteiger partial charge in [0.05, 0.1) is 12.7 Å². The molecule has 1 saturated heterocycles. The number of rotatable bonds is 1. The van der Waals surface area contributed by atoms with Crippen LogP contribution in [0, 0.1) is 12.1 Å². The highest BCUT2D eigenvalue weighted by Crippen LogP contribution is 2.30. The second-order valence-electron chi connectivity index (χ2n) is 2.99. The first-order valence-electron chi connectivity index (χ1n) is 3.85. The Bertz CT molecular complexity index is 246. The number of halogens is 1. The summed E-state index contributed by atoms with van der Waals surface area (Å²) in [6.45, 7) is 1.00. The Morgan fingerprint density at radius 1 is 1.62 bits per heavy atom. The van der Waals surface area contributed by atoms with Crippen LogP contribution in [-0.2, 0) is 4.74 Å². The molecular weight excluding hydrogens is 179 g/mol. The number of aliphatic hydroxyl groups excluding tert-OH is 2. The van der Waals surface area contributed by atoms with Crippen LogP contribution in [0.5, 0.6) is 0 Å². The van der Waals surface area contributed by atoms with E-state index in [0.717, 1.165) is 6.17 Å². The van der Waals surface area contributed by atoms with Crippen LogP contribution in [0.1, 0.15) is 6.92 Å². The van der Waals surface area contributed by atoms with Crippen molar-refractivity contribution in [2.75, 3.05) is 6.61 Å². The molecule has 0 unspecified atom stereocenters. The average Bonchev–Trinajstić information content (AvgIpc) is 2.31. The lowest BCUT2D eigenvalue weighted by molar-refractivity contribution is -0.0265. The van der Waals surface area contributed by atoms with Crippen LogP contribution >= 0.6 is 0 Å². The third-order valence-corrected chi connectivity index (χ3v) is 2.23. The summed E-state index contributed by atoms with van der Waals surface area (Å²) >= 11 is 0. The molecule has 1 aliphatic heterocycles. The van der Waals surface area contributed by atoms with Crippen LogP contribution in [0.15, 0.2) is 0 Å². The minimum atomic E-state index is -1.93. The van der Waals surface area contributed by atoms with Gasteiger partial charge in [0.2, 0.25) is 0 Å². The van der Waals surface area contributed by atoms with E-state index in [1.54, 1.807) is 0 Å². The van der Waals surface area contributed by atoms with E-state index in [2.05, 4.69) is 0 Å². The highest BCUT2D eigenvalue weighted by Gasteiger charge is 2.52. The van der Waals surface area contributed by atoms with Crippen molar-refractivity contribution in [3.8, 4) is 12.1 Å². The molecule has 3 N–H and O–H groups in total. The molecule has 0 amide bonds. The lowest BCUT2D eigenvalue weighted by Gasteiger charge is -2.22. The Hall–Kier alpha value is -0.670. The molecule has 4 atom stereocenters. The Kier molecular flexibility index (Phi) is 2.88.